The molecular formula is C19H19N3O2. The number of allylic oxidation sites excluding steroid dienone is 1. The van der Waals surface area contributed by atoms with Crippen LogP contribution in [-0.4, -0.2) is 16.8 Å². The summed E-state index contributed by atoms with van der Waals surface area (Å²) < 4.78 is 0. The molecule has 24 heavy (non-hydrogen) atoms. The van der Waals surface area contributed by atoms with Crippen LogP contribution in [0, 0.1) is 5.92 Å². The van der Waals surface area contributed by atoms with E-state index in [1.165, 1.54) is 19.0 Å². The van der Waals surface area contributed by atoms with Gasteiger partial charge in [-0.15, -0.1) is 0 Å². The van der Waals surface area contributed by atoms with E-state index in [9.17, 15) is 9.59 Å². The van der Waals surface area contributed by atoms with E-state index in [1.807, 2.05) is 6.92 Å². The van der Waals surface area contributed by atoms with Crippen molar-refractivity contribution in [2.75, 3.05) is 10.6 Å². The molecule has 1 fully saturated rings. The predicted molar refractivity (Wildman–Crippen MR) is 93.7 cm³/mol. The average molecular weight is 321 g/mol. The van der Waals surface area contributed by atoms with Crippen LogP contribution in [0.3, 0.4) is 0 Å². The van der Waals surface area contributed by atoms with Gasteiger partial charge in [0.1, 0.15) is 0 Å². The molecule has 2 amide bonds. The van der Waals surface area contributed by atoms with Gasteiger partial charge in [0.2, 0.25) is 5.91 Å². The minimum absolute atomic E-state index is 0.119. The maximum atomic E-state index is 12.0. The van der Waals surface area contributed by atoms with Gasteiger partial charge in [-0.2, -0.15) is 0 Å². The van der Waals surface area contributed by atoms with Gasteiger partial charge in [-0.05, 0) is 62.1 Å². The fraction of sp³-hybridized carbons (Fsp3) is 0.211. The van der Waals surface area contributed by atoms with Crippen molar-refractivity contribution in [3.05, 3.63) is 66.0 Å². The maximum absolute atomic E-state index is 12.0. The summed E-state index contributed by atoms with van der Waals surface area (Å²) >= 11 is 0. The van der Waals surface area contributed by atoms with Gasteiger partial charge in [-0.25, -0.2) is 0 Å². The van der Waals surface area contributed by atoms with E-state index in [0.717, 1.165) is 5.57 Å². The zero-order valence-corrected chi connectivity index (χ0v) is 13.5. The van der Waals surface area contributed by atoms with E-state index in [1.54, 1.807) is 48.7 Å². The average Bonchev–Trinajstić information content (AvgIpc) is 3.42. The first kappa shape index (κ1) is 15.9. The summed E-state index contributed by atoms with van der Waals surface area (Å²) in [6, 6.07) is 10.4. The summed E-state index contributed by atoms with van der Waals surface area (Å²) in [5.74, 6) is 0.246. The summed E-state index contributed by atoms with van der Waals surface area (Å²) in [5.41, 5.74) is 2.98. The molecule has 1 aromatic heterocycles. The lowest BCUT2D eigenvalue weighted by Crippen LogP contribution is -2.12. The van der Waals surface area contributed by atoms with Gasteiger partial charge in [0.25, 0.3) is 5.91 Å². The fourth-order valence-corrected chi connectivity index (χ4v) is 2.38. The molecule has 0 aliphatic heterocycles. The molecule has 1 aliphatic rings. The number of nitrogens with one attached hydrogen (secondary N) is 2. The lowest BCUT2D eigenvalue weighted by molar-refractivity contribution is -0.112. The second-order valence-electron chi connectivity index (χ2n) is 5.93. The molecule has 1 aromatic carbocycles. The highest BCUT2D eigenvalue weighted by Crippen LogP contribution is 2.35. The smallest absolute Gasteiger partial charge is 0.257 e. The third-order valence-corrected chi connectivity index (χ3v) is 3.91. The molecule has 1 heterocycles. The largest absolute Gasteiger partial charge is 0.323 e. The lowest BCUT2D eigenvalue weighted by Gasteiger charge is -2.07. The predicted octanol–water partition coefficient (Wildman–Crippen LogP) is 3.63. The van der Waals surface area contributed by atoms with E-state index in [2.05, 4.69) is 15.6 Å². The molecule has 0 radical (unpaired) electrons. The molecule has 3 rings (SSSR count). The summed E-state index contributed by atoms with van der Waals surface area (Å²) in [7, 11) is 0. The Kier molecular flexibility index (Phi) is 4.70. The molecule has 1 saturated carbocycles. The second kappa shape index (κ2) is 7.08. The van der Waals surface area contributed by atoms with Crippen LogP contribution in [0.4, 0.5) is 11.4 Å². The molecule has 5 nitrogen and oxygen atoms in total. The number of aromatic nitrogens is 1. The van der Waals surface area contributed by atoms with Gasteiger partial charge in [0.15, 0.2) is 0 Å². The zero-order valence-electron chi connectivity index (χ0n) is 13.5. The number of carbonyl (C=O) groups is 2. The van der Waals surface area contributed by atoms with Crippen LogP contribution < -0.4 is 10.6 Å². The minimum atomic E-state index is -0.220. The van der Waals surface area contributed by atoms with Crippen molar-refractivity contribution < 1.29 is 9.59 Å². The first-order valence-corrected chi connectivity index (χ1v) is 7.92. The monoisotopic (exact) mass is 321 g/mol. The van der Waals surface area contributed by atoms with Crippen LogP contribution in [0.2, 0.25) is 0 Å². The van der Waals surface area contributed by atoms with Crippen LogP contribution in [0.25, 0.3) is 0 Å². The minimum Gasteiger partial charge on any atom is -0.323 e. The van der Waals surface area contributed by atoms with Crippen molar-refractivity contribution in [2.24, 2.45) is 5.92 Å². The Labute approximate surface area is 140 Å². The molecule has 2 N–H and O–H groups in total. The van der Waals surface area contributed by atoms with Crippen LogP contribution in [-0.2, 0) is 4.79 Å². The van der Waals surface area contributed by atoms with E-state index < -0.39 is 0 Å². The molecule has 1 aliphatic carbocycles. The van der Waals surface area contributed by atoms with Crippen molar-refractivity contribution in [3.8, 4) is 0 Å². The Morgan fingerprint density at radius 2 is 1.75 bits per heavy atom. The summed E-state index contributed by atoms with van der Waals surface area (Å²) in [5, 5.41) is 5.62. The third-order valence-electron chi connectivity index (χ3n) is 3.91. The van der Waals surface area contributed by atoms with Gasteiger partial charge in [-0.1, -0.05) is 5.57 Å². The van der Waals surface area contributed by atoms with E-state index in [-0.39, 0.29) is 11.8 Å². The summed E-state index contributed by atoms with van der Waals surface area (Å²) in [6.45, 7) is 1.99. The Hall–Kier alpha value is -2.95. The van der Waals surface area contributed by atoms with Crippen LogP contribution in [0.15, 0.2) is 60.4 Å². The molecule has 5 heteroatoms. The number of pyridine rings is 1. The second-order valence-corrected chi connectivity index (χ2v) is 5.93. The van der Waals surface area contributed by atoms with Crippen molar-refractivity contribution >= 4 is 23.2 Å². The SMILES string of the molecule is C/C(=C\C(=O)Nc1ccc(NC(=O)c2cccnc2)cc1)C1CC1. The van der Waals surface area contributed by atoms with E-state index >= 15 is 0 Å². The normalized spacial score (nSPS) is 14.1. The maximum Gasteiger partial charge on any atom is 0.257 e. The molecular weight excluding hydrogens is 302 g/mol. The highest BCUT2D eigenvalue weighted by Gasteiger charge is 2.23. The molecule has 0 spiro atoms. The highest BCUT2D eigenvalue weighted by atomic mass is 16.2. The van der Waals surface area contributed by atoms with Gasteiger partial charge < -0.3 is 10.6 Å². The summed E-state index contributed by atoms with van der Waals surface area (Å²) in [6.07, 6.45) is 7.16. The first-order valence-electron chi connectivity index (χ1n) is 7.92. The van der Waals surface area contributed by atoms with Crippen molar-refractivity contribution in [1.29, 1.82) is 0 Å². The molecule has 122 valence electrons. The van der Waals surface area contributed by atoms with Crippen molar-refractivity contribution in [3.63, 3.8) is 0 Å². The number of rotatable bonds is 5. The van der Waals surface area contributed by atoms with Gasteiger partial charge in [0, 0.05) is 29.8 Å². The Morgan fingerprint density at radius 1 is 1.08 bits per heavy atom. The molecule has 0 bridgehead atoms. The van der Waals surface area contributed by atoms with Crippen LogP contribution in [0.5, 0.6) is 0 Å². The Bertz CT molecular complexity index is 763. The topological polar surface area (TPSA) is 71.1 Å². The van der Waals surface area contributed by atoms with E-state index in [0.29, 0.717) is 22.9 Å². The fourth-order valence-electron chi connectivity index (χ4n) is 2.38. The number of nitrogens with zero attached hydrogens (tertiary/aromatic N) is 1. The zero-order chi connectivity index (χ0) is 16.9. The molecule has 0 atom stereocenters. The van der Waals surface area contributed by atoms with Gasteiger partial charge in [-0.3, -0.25) is 14.6 Å². The van der Waals surface area contributed by atoms with Gasteiger partial charge in [0.05, 0.1) is 5.56 Å². The van der Waals surface area contributed by atoms with Crippen LogP contribution >= 0.6 is 0 Å². The number of hydrogen-bond acceptors (Lipinski definition) is 3. The number of benzene rings is 1. The lowest BCUT2D eigenvalue weighted by atomic mass is 10.2. The number of hydrogen-bond donors (Lipinski definition) is 2. The number of anilines is 2. The summed E-state index contributed by atoms with van der Waals surface area (Å²) in [4.78, 5) is 27.9. The van der Waals surface area contributed by atoms with Crippen molar-refractivity contribution in [1.82, 2.24) is 4.98 Å². The number of carbonyl (C=O) groups excluding carboxylic acids is 2. The Morgan fingerprint density at radius 3 is 2.33 bits per heavy atom. The number of amides is 2. The highest BCUT2D eigenvalue weighted by molar-refractivity contribution is 6.04. The quantitative estimate of drug-likeness (QED) is 0.826. The molecule has 0 unspecified atom stereocenters. The molecule has 0 saturated heterocycles. The standard InChI is InChI=1S/C19H19N3O2/c1-13(14-4-5-14)11-18(23)21-16-6-8-17(9-7-16)22-19(24)15-3-2-10-20-12-15/h2-3,6-12,14H,4-5H2,1H3,(H,21,23)(H,22,24)/b13-11+. The van der Waals surface area contributed by atoms with Crippen LogP contribution in [0.1, 0.15) is 30.1 Å². The van der Waals surface area contributed by atoms with Crippen molar-refractivity contribution in [2.45, 2.75) is 19.8 Å². The third kappa shape index (κ3) is 4.29. The van der Waals surface area contributed by atoms with E-state index in [4.69, 9.17) is 0 Å². The molecule has 2 aromatic rings. The first-order chi connectivity index (χ1) is 11.6. The van der Waals surface area contributed by atoms with Gasteiger partial charge >= 0.3 is 0 Å². The Balaban J connectivity index is 1.58.